The number of thiophene rings is 1. The van der Waals surface area contributed by atoms with Gasteiger partial charge in [0.2, 0.25) is 0 Å². The highest BCUT2D eigenvalue weighted by Gasteiger charge is 2.21. The molecule has 0 aliphatic carbocycles. The molecule has 10 aromatic rings. The molecule has 0 bridgehead atoms. The summed E-state index contributed by atoms with van der Waals surface area (Å²) in [6.45, 7) is 0. The zero-order chi connectivity index (χ0) is 30.9. The van der Waals surface area contributed by atoms with Crippen molar-refractivity contribution >= 4 is 64.3 Å². The molecule has 0 aliphatic rings. The summed E-state index contributed by atoms with van der Waals surface area (Å²) < 4.78 is 7.49. The molecule has 3 heteroatoms. The lowest BCUT2D eigenvalue weighted by Crippen LogP contribution is -1.94. The first-order valence-electron chi connectivity index (χ1n) is 16.0. The smallest absolute Gasteiger partial charge is 0.0734 e. The van der Waals surface area contributed by atoms with Crippen LogP contribution in [0.2, 0.25) is 0 Å². The lowest BCUT2D eigenvalue weighted by molar-refractivity contribution is 1.18. The van der Waals surface area contributed by atoms with Gasteiger partial charge < -0.3 is 9.13 Å². The van der Waals surface area contributed by atoms with E-state index in [1.807, 2.05) is 11.3 Å². The van der Waals surface area contributed by atoms with Gasteiger partial charge in [0.05, 0.1) is 26.8 Å². The third-order valence-electron chi connectivity index (χ3n) is 9.53. The van der Waals surface area contributed by atoms with Crippen molar-refractivity contribution in [1.29, 1.82) is 0 Å². The fourth-order valence-corrected chi connectivity index (χ4v) is 8.79. The van der Waals surface area contributed by atoms with Gasteiger partial charge in [-0.05, 0) is 70.8 Å². The number of benzene rings is 7. The normalized spacial score (nSPS) is 11.8. The second-order valence-corrected chi connectivity index (χ2v) is 13.2. The van der Waals surface area contributed by atoms with E-state index in [1.165, 1.54) is 86.6 Å². The molecular formula is C44H28N2S. The standard InChI is InChI=1S/C44H28N2S/c1-3-14-30(15-4-1)45-38-23-11-9-20-34(38)35-27-26-29(28-40(35)45)32-18-7-8-19-33(32)36-22-13-25-41-42(36)43-44(47-41)37-21-10-12-24-39(37)46(43)31-16-5-2-6-17-31/h1-28H. The molecule has 0 radical (unpaired) electrons. The molecule has 0 atom stereocenters. The van der Waals surface area contributed by atoms with E-state index in [4.69, 9.17) is 0 Å². The van der Waals surface area contributed by atoms with Gasteiger partial charge in [-0.2, -0.15) is 0 Å². The van der Waals surface area contributed by atoms with Crippen LogP contribution in [0.3, 0.4) is 0 Å². The average molecular weight is 617 g/mol. The number of para-hydroxylation sites is 4. The van der Waals surface area contributed by atoms with Gasteiger partial charge in [0, 0.05) is 37.6 Å². The van der Waals surface area contributed by atoms with Crippen LogP contribution in [0.25, 0.3) is 86.6 Å². The Balaban J connectivity index is 1.26. The molecule has 0 amide bonds. The Morgan fingerprint density at radius 3 is 1.72 bits per heavy atom. The fraction of sp³-hybridized carbons (Fsp3) is 0. The van der Waals surface area contributed by atoms with Gasteiger partial charge in [0.1, 0.15) is 0 Å². The van der Waals surface area contributed by atoms with Gasteiger partial charge in [-0.15, -0.1) is 11.3 Å². The van der Waals surface area contributed by atoms with Gasteiger partial charge in [-0.1, -0.05) is 121 Å². The zero-order valence-corrected chi connectivity index (χ0v) is 26.3. The maximum Gasteiger partial charge on any atom is 0.0734 e. The molecule has 0 unspecified atom stereocenters. The summed E-state index contributed by atoms with van der Waals surface area (Å²) in [5, 5.41) is 5.13. The SMILES string of the molecule is c1ccc(-n2c3ccccc3c3ccc(-c4ccccc4-c4cccc5sc6c7ccccc7n(-c7ccccc7)c6c45)cc32)cc1. The predicted molar refractivity (Wildman–Crippen MR) is 201 cm³/mol. The van der Waals surface area contributed by atoms with Gasteiger partial charge in [-0.25, -0.2) is 0 Å². The lowest BCUT2D eigenvalue weighted by Gasteiger charge is -2.14. The van der Waals surface area contributed by atoms with Crippen LogP contribution in [0, 0.1) is 0 Å². The Morgan fingerprint density at radius 1 is 0.383 bits per heavy atom. The van der Waals surface area contributed by atoms with Crippen molar-refractivity contribution in [3.63, 3.8) is 0 Å². The van der Waals surface area contributed by atoms with Crippen molar-refractivity contribution in [2.75, 3.05) is 0 Å². The first kappa shape index (κ1) is 26.3. The van der Waals surface area contributed by atoms with E-state index in [-0.39, 0.29) is 0 Å². The summed E-state index contributed by atoms with van der Waals surface area (Å²) in [5.41, 5.74) is 12.2. The number of aromatic nitrogens is 2. The third kappa shape index (κ3) is 3.90. The van der Waals surface area contributed by atoms with Crippen LogP contribution in [0.4, 0.5) is 0 Å². The van der Waals surface area contributed by atoms with Crippen LogP contribution >= 0.6 is 11.3 Å². The van der Waals surface area contributed by atoms with Crippen LogP contribution in [-0.2, 0) is 0 Å². The van der Waals surface area contributed by atoms with Crippen molar-refractivity contribution in [1.82, 2.24) is 9.13 Å². The Bertz CT molecular complexity index is 2780. The van der Waals surface area contributed by atoms with Crippen molar-refractivity contribution in [3.05, 3.63) is 170 Å². The molecule has 0 aliphatic heterocycles. The zero-order valence-electron chi connectivity index (χ0n) is 25.5. The second-order valence-electron chi connectivity index (χ2n) is 12.1. The highest BCUT2D eigenvalue weighted by Crippen LogP contribution is 2.47. The van der Waals surface area contributed by atoms with Crippen LogP contribution in [0.5, 0.6) is 0 Å². The second kappa shape index (κ2) is 10.3. The molecule has 3 heterocycles. The molecule has 47 heavy (non-hydrogen) atoms. The Hall–Kier alpha value is -5.90. The topological polar surface area (TPSA) is 9.86 Å². The van der Waals surface area contributed by atoms with Crippen molar-refractivity contribution in [2.45, 2.75) is 0 Å². The minimum atomic E-state index is 1.17. The van der Waals surface area contributed by atoms with Crippen molar-refractivity contribution in [3.8, 4) is 33.6 Å². The van der Waals surface area contributed by atoms with Crippen molar-refractivity contribution < 1.29 is 0 Å². The maximum atomic E-state index is 2.46. The van der Waals surface area contributed by atoms with Crippen molar-refractivity contribution in [2.24, 2.45) is 0 Å². The Kier molecular flexibility index (Phi) is 5.78. The minimum absolute atomic E-state index is 1.17. The van der Waals surface area contributed by atoms with Gasteiger partial charge in [-0.3, -0.25) is 0 Å². The predicted octanol–water partition coefficient (Wildman–Crippen LogP) is 12.4. The highest BCUT2D eigenvalue weighted by molar-refractivity contribution is 7.26. The fourth-order valence-electron chi connectivity index (χ4n) is 7.54. The summed E-state index contributed by atoms with van der Waals surface area (Å²) >= 11 is 1.90. The highest BCUT2D eigenvalue weighted by atomic mass is 32.1. The molecule has 3 aromatic heterocycles. The maximum absolute atomic E-state index is 2.46. The quantitative estimate of drug-likeness (QED) is 0.186. The number of hydrogen-bond donors (Lipinski definition) is 0. The Labute approximate surface area is 276 Å². The monoisotopic (exact) mass is 616 g/mol. The summed E-state index contributed by atoms with van der Waals surface area (Å²) in [6.07, 6.45) is 0. The molecule has 7 aromatic carbocycles. The minimum Gasteiger partial charge on any atom is -0.309 e. The van der Waals surface area contributed by atoms with E-state index in [2.05, 4.69) is 179 Å². The summed E-state index contributed by atoms with van der Waals surface area (Å²) in [6, 6.07) is 61.7. The van der Waals surface area contributed by atoms with Crippen LogP contribution < -0.4 is 0 Å². The largest absolute Gasteiger partial charge is 0.309 e. The van der Waals surface area contributed by atoms with Gasteiger partial charge >= 0.3 is 0 Å². The van der Waals surface area contributed by atoms with E-state index in [9.17, 15) is 0 Å². The molecule has 220 valence electrons. The van der Waals surface area contributed by atoms with E-state index >= 15 is 0 Å². The van der Waals surface area contributed by atoms with E-state index in [0.29, 0.717) is 0 Å². The summed E-state index contributed by atoms with van der Waals surface area (Å²) in [5.74, 6) is 0. The molecule has 0 saturated carbocycles. The molecule has 10 rings (SSSR count). The van der Waals surface area contributed by atoms with E-state index < -0.39 is 0 Å². The number of fused-ring (bicyclic) bond motifs is 8. The first-order valence-corrected chi connectivity index (χ1v) is 16.9. The molecule has 2 nitrogen and oxygen atoms in total. The van der Waals surface area contributed by atoms with Crippen LogP contribution in [0.15, 0.2) is 170 Å². The van der Waals surface area contributed by atoms with Crippen LogP contribution in [0.1, 0.15) is 0 Å². The lowest BCUT2D eigenvalue weighted by atomic mass is 9.92. The summed E-state index contributed by atoms with van der Waals surface area (Å²) in [4.78, 5) is 0. The van der Waals surface area contributed by atoms with Gasteiger partial charge in [0.25, 0.3) is 0 Å². The molecule has 0 fully saturated rings. The van der Waals surface area contributed by atoms with E-state index in [0.717, 1.165) is 0 Å². The Morgan fingerprint density at radius 2 is 0.957 bits per heavy atom. The molecule has 0 N–H and O–H groups in total. The summed E-state index contributed by atoms with van der Waals surface area (Å²) in [7, 11) is 0. The third-order valence-corrected chi connectivity index (χ3v) is 10.7. The van der Waals surface area contributed by atoms with Gasteiger partial charge in [0.15, 0.2) is 0 Å². The number of rotatable bonds is 4. The molecular weight excluding hydrogens is 589 g/mol. The van der Waals surface area contributed by atoms with E-state index in [1.54, 1.807) is 0 Å². The molecule has 0 spiro atoms. The average Bonchev–Trinajstić information content (AvgIpc) is 3.79. The first-order chi connectivity index (χ1) is 23.3. The van der Waals surface area contributed by atoms with Crippen LogP contribution in [-0.4, -0.2) is 9.13 Å². The number of nitrogens with zero attached hydrogens (tertiary/aromatic N) is 2. The molecule has 0 saturated heterocycles. The number of hydrogen-bond acceptors (Lipinski definition) is 1.